The largest absolute Gasteiger partial charge is 0.318 e. The predicted octanol–water partition coefficient (Wildman–Crippen LogP) is 1.41. The van der Waals surface area contributed by atoms with E-state index in [0.29, 0.717) is 0 Å². The maximum absolute atomic E-state index is 13.0. The first-order chi connectivity index (χ1) is 5.63. The van der Waals surface area contributed by atoms with Crippen LogP contribution in [-0.2, 0) is 4.79 Å². The zero-order valence-electron chi connectivity index (χ0n) is 6.75. The van der Waals surface area contributed by atoms with Crippen LogP contribution in [0.15, 0.2) is 24.3 Å². The van der Waals surface area contributed by atoms with Gasteiger partial charge >= 0.3 is 0 Å². The van der Waals surface area contributed by atoms with Crippen LogP contribution >= 0.6 is 0 Å². The van der Waals surface area contributed by atoms with Gasteiger partial charge in [0.1, 0.15) is 5.82 Å². The average molecular weight is 167 g/mol. The highest BCUT2D eigenvalue weighted by atomic mass is 19.1. The quantitative estimate of drug-likeness (QED) is 0.723. The van der Waals surface area contributed by atoms with Gasteiger partial charge in [-0.3, -0.25) is 4.79 Å². The molecular formula is C9H10FNO. The number of hydrogen-bond donors (Lipinski definition) is 1. The third kappa shape index (κ3) is 1.68. The van der Waals surface area contributed by atoms with Crippen LogP contribution in [-0.4, -0.2) is 5.78 Å². The van der Waals surface area contributed by atoms with Gasteiger partial charge in [0.05, 0.1) is 6.04 Å². The average Bonchev–Trinajstić information content (AvgIpc) is 2.04. The molecule has 0 saturated carbocycles. The zero-order valence-corrected chi connectivity index (χ0v) is 6.75. The molecule has 0 bridgehead atoms. The fourth-order valence-corrected chi connectivity index (χ4v) is 0.946. The number of rotatable bonds is 2. The highest BCUT2D eigenvalue weighted by Crippen LogP contribution is 2.14. The van der Waals surface area contributed by atoms with E-state index in [1.807, 2.05) is 0 Å². The van der Waals surface area contributed by atoms with Crippen molar-refractivity contribution in [2.75, 3.05) is 0 Å². The van der Waals surface area contributed by atoms with Gasteiger partial charge in [-0.2, -0.15) is 0 Å². The van der Waals surface area contributed by atoms with Crippen LogP contribution in [0.4, 0.5) is 4.39 Å². The number of nitrogens with two attached hydrogens (primary N) is 1. The van der Waals surface area contributed by atoms with Crippen molar-refractivity contribution >= 4 is 5.78 Å². The number of hydrogen-bond acceptors (Lipinski definition) is 2. The molecule has 2 nitrogen and oxygen atoms in total. The van der Waals surface area contributed by atoms with Crippen LogP contribution in [0.5, 0.6) is 0 Å². The molecule has 0 fully saturated rings. The van der Waals surface area contributed by atoms with Crippen molar-refractivity contribution in [1.82, 2.24) is 0 Å². The molecule has 64 valence electrons. The lowest BCUT2D eigenvalue weighted by Crippen LogP contribution is -2.19. The number of Topliss-reactive ketones (excluding diaryl/α,β-unsaturated/α-hetero) is 1. The fraction of sp³-hybridized carbons (Fsp3) is 0.222. The molecular weight excluding hydrogens is 157 g/mol. The highest BCUT2D eigenvalue weighted by Gasteiger charge is 2.14. The molecule has 0 saturated heterocycles. The molecule has 1 aromatic rings. The van der Waals surface area contributed by atoms with Crippen molar-refractivity contribution in [2.45, 2.75) is 13.0 Å². The van der Waals surface area contributed by atoms with E-state index in [9.17, 15) is 9.18 Å². The Morgan fingerprint density at radius 3 is 2.58 bits per heavy atom. The van der Waals surface area contributed by atoms with Crippen molar-refractivity contribution < 1.29 is 9.18 Å². The number of carbonyl (C=O) groups is 1. The second kappa shape index (κ2) is 3.45. The number of halogens is 1. The molecule has 0 unspecified atom stereocenters. The Labute approximate surface area is 70.2 Å². The maximum atomic E-state index is 13.0. The number of carbonyl (C=O) groups excluding carboxylic acids is 1. The van der Waals surface area contributed by atoms with Crippen LogP contribution in [0.2, 0.25) is 0 Å². The Morgan fingerprint density at radius 1 is 1.50 bits per heavy atom. The second-order valence-corrected chi connectivity index (χ2v) is 2.61. The summed E-state index contributed by atoms with van der Waals surface area (Å²) in [6.07, 6.45) is 0. The van der Waals surface area contributed by atoms with Gasteiger partial charge < -0.3 is 5.73 Å². The van der Waals surface area contributed by atoms with E-state index in [4.69, 9.17) is 5.73 Å². The summed E-state index contributed by atoms with van der Waals surface area (Å²) in [5.41, 5.74) is 5.70. The van der Waals surface area contributed by atoms with Crippen molar-refractivity contribution in [1.29, 1.82) is 0 Å². The van der Waals surface area contributed by atoms with Gasteiger partial charge in [-0.15, -0.1) is 0 Å². The van der Waals surface area contributed by atoms with Crippen LogP contribution in [0, 0.1) is 5.82 Å². The summed E-state index contributed by atoms with van der Waals surface area (Å²) in [5, 5.41) is 0. The summed E-state index contributed by atoms with van der Waals surface area (Å²) in [4.78, 5) is 10.8. The molecule has 0 aliphatic carbocycles. The predicted molar refractivity (Wildman–Crippen MR) is 44.0 cm³/mol. The molecule has 12 heavy (non-hydrogen) atoms. The minimum absolute atomic E-state index is 0.236. The van der Waals surface area contributed by atoms with Gasteiger partial charge in [-0.1, -0.05) is 18.2 Å². The minimum Gasteiger partial charge on any atom is -0.318 e. The van der Waals surface area contributed by atoms with Gasteiger partial charge in [0.15, 0.2) is 5.78 Å². The van der Waals surface area contributed by atoms with E-state index in [1.54, 1.807) is 12.1 Å². The third-order valence-corrected chi connectivity index (χ3v) is 1.68. The van der Waals surface area contributed by atoms with Gasteiger partial charge in [0.2, 0.25) is 0 Å². The zero-order chi connectivity index (χ0) is 9.14. The number of ketones is 1. The van der Waals surface area contributed by atoms with Gasteiger partial charge in [0.25, 0.3) is 0 Å². The summed E-state index contributed by atoms with van der Waals surface area (Å²) >= 11 is 0. The third-order valence-electron chi connectivity index (χ3n) is 1.68. The van der Waals surface area contributed by atoms with Crippen molar-refractivity contribution in [2.24, 2.45) is 5.73 Å². The normalized spacial score (nSPS) is 12.6. The first kappa shape index (κ1) is 8.87. The molecule has 0 aliphatic heterocycles. The Balaban J connectivity index is 3.02. The molecule has 3 heteroatoms. The van der Waals surface area contributed by atoms with E-state index >= 15 is 0 Å². The monoisotopic (exact) mass is 167 g/mol. The van der Waals surface area contributed by atoms with Crippen molar-refractivity contribution in [3.63, 3.8) is 0 Å². The van der Waals surface area contributed by atoms with E-state index < -0.39 is 11.9 Å². The summed E-state index contributed by atoms with van der Waals surface area (Å²) in [7, 11) is 0. The fourth-order valence-electron chi connectivity index (χ4n) is 0.946. The summed E-state index contributed by atoms with van der Waals surface area (Å²) in [5.74, 6) is -0.666. The van der Waals surface area contributed by atoms with Crippen LogP contribution in [0.25, 0.3) is 0 Å². The molecule has 0 spiro atoms. The van der Waals surface area contributed by atoms with Crippen LogP contribution < -0.4 is 5.73 Å². The van der Waals surface area contributed by atoms with Gasteiger partial charge in [-0.25, -0.2) is 4.39 Å². The molecule has 0 aromatic heterocycles. The smallest absolute Gasteiger partial charge is 0.151 e. The van der Waals surface area contributed by atoms with Crippen LogP contribution in [0.3, 0.4) is 0 Å². The van der Waals surface area contributed by atoms with Gasteiger partial charge in [-0.05, 0) is 13.0 Å². The molecule has 0 aliphatic rings. The Kier molecular flexibility index (Phi) is 2.55. The van der Waals surface area contributed by atoms with Crippen molar-refractivity contribution in [3.05, 3.63) is 35.6 Å². The maximum Gasteiger partial charge on any atom is 0.151 e. The lowest BCUT2D eigenvalue weighted by Gasteiger charge is -2.07. The van der Waals surface area contributed by atoms with E-state index in [-0.39, 0.29) is 11.3 Å². The second-order valence-electron chi connectivity index (χ2n) is 2.61. The summed E-state index contributed by atoms with van der Waals surface area (Å²) in [6, 6.07) is 5.18. The standard InChI is InChI=1S/C9H10FNO/c1-6(12)9(11)7-4-2-3-5-8(7)10/h2-5,9H,11H2,1H3/t9-/m1/s1. The topological polar surface area (TPSA) is 43.1 Å². The van der Waals surface area contributed by atoms with Crippen LogP contribution in [0.1, 0.15) is 18.5 Å². The molecule has 0 heterocycles. The Morgan fingerprint density at radius 2 is 2.08 bits per heavy atom. The highest BCUT2D eigenvalue weighted by molar-refractivity contribution is 5.82. The van der Waals surface area contributed by atoms with E-state index in [2.05, 4.69) is 0 Å². The molecule has 2 N–H and O–H groups in total. The van der Waals surface area contributed by atoms with E-state index in [1.165, 1.54) is 19.1 Å². The van der Waals surface area contributed by atoms with Gasteiger partial charge in [0, 0.05) is 5.56 Å². The van der Waals surface area contributed by atoms with E-state index in [0.717, 1.165) is 0 Å². The Bertz CT molecular complexity index is 298. The first-order valence-electron chi connectivity index (χ1n) is 3.63. The lowest BCUT2D eigenvalue weighted by molar-refractivity contribution is -0.118. The summed E-state index contributed by atoms with van der Waals surface area (Å²) < 4.78 is 13.0. The Hall–Kier alpha value is -1.22. The molecule has 0 radical (unpaired) electrons. The lowest BCUT2D eigenvalue weighted by atomic mass is 10.0. The SMILES string of the molecule is CC(=O)[C@@H](N)c1ccccc1F. The number of benzene rings is 1. The van der Waals surface area contributed by atoms with Crippen molar-refractivity contribution in [3.8, 4) is 0 Å². The first-order valence-corrected chi connectivity index (χ1v) is 3.63. The molecule has 0 amide bonds. The molecule has 1 atom stereocenters. The summed E-state index contributed by atoms with van der Waals surface area (Å²) in [6.45, 7) is 1.34. The molecule has 1 aromatic carbocycles. The molecule has 1 rings (SSSR count). The minimum atomic E-state index is -0.841.